The molecule has 0 fully saturated rings. The lowest BCUT2D eigenvalue weighted by atomic mass is 9.83. The summed E-state index contributed by atoms with van der Waals surface area (Å²) in [5.41, 5.74) is 6.52. The standard InChI is InChI=1S/C19H21N/c1-19(2,3)18-16-11-8-7-9-14(16)13-15-10-5-4-6-12-17(15)20-18/h4-9,11-12H,10,13H2,1-3H3. The normalized spacial score (nSPS) is 18.1. The minimum Gasteiger partial charge on any atom is -0.252 e. The van der Waals surface area contributed by atoms with E-state index in [4.69, 9.17) is 4.99 Å². The zero-order valence-electron chi connectivity index (χ0n) is 12.5. The first-order valence-electron chi connectivity index (χ1n) is 7.28. The first-order valence-corrected chi connectivity index (χ1v) is 7.28. The predicted molar refractivity (Wildman–Crippen MR) is 86.1 cm³/mol. The molecule has 0 atom stereocenters. The predicted octanol–water partition coefficient (Wildman–Crippen LogP) is 4.85. The van der Waals surface area contributed by atoms with Crippen LogP contribution in [-0.4, -0.2) is 5.71 Å². The molecule has 0 spiro atoms. The maximum absolute atomic E-state index is 5.04. The third-order valence-electron chi connectivity index (χ3n) is 3.85. The number of nitrogens with zero attached hydrogens (tertiary/aromatic N) is 1. The van der Waals surface area contributed by atoms with Gasteiger partial charge < -0.3 is 0 Å². The second-order valence-electron chi connectivity index (χ2n) is 6.52. The van der Waals surface area contributed by atoms with Gasteiger partial charge in [-0.1, -0.05) is 63.3 Å². The summed E-state index contributed by atoms with van der Waals surface area (Å²) in [6.07, 6.45) is 10.6. The van der Waals surface area contributed by atoms with E-state index in [2.05, 4.69) is 69.3 Å². The molecule has 1 nitrogen and oxygen atoms in total. The smallest absolute Gasteiger partial charge is 0.0631 e. The second-order valence-corrected chi connectivity index (χ2v) is 6.52. The van der Waals surface area contributed by atoms with Crippen LogP contribution < -0.4 is 0 Å². The molecule has 0 radical (unpaired) electrons. The Bertz CT molecular complexity index is 649. The maximum atomic E-state index is 5.04. The topological polar surface area (TPSA) is 12.4 Å². The highest BCUT2D eigenvalue weighted by atomic mass is 14.8. The number of rotatable bonds is 0. The number of fused-ring (bicyclic) bond motifs is 1. The Balaban J connectivity index is 2.22. The molecule has 0 bridgehead atoms. The van der Waals surface area contributed by atoms with Crippen LogP contribution in [0.1, 0.15) is 38.3 Å². The molecule has 0 saturated carbocycles. The lowest BCUT2D eigenvalue weighted by Crippen LogP contribution is -2.22. The Hall–Kier alpha value is -1.89. The van der Waals surface area contributed by atoms with E-state index in [1.54, 1.807) is 0 Å². The summed E-state index contributed by atoms with van der Waals surface area (Å²) >= 11 is 0. The van der Waals surface area contributed by atoms with Gasteiger partial charge in [-0.15, -0.1) is 0 Å². The van der Waals surface area contributed by atoms with Crippen LogP contribution in [-0.2, 0) is 6.42 Å². The molecular formula is C19H21N. The van der Waals surface area contributed by atoms with E-state index in [0.717, 1.165) is 18.5 Å². The number of hydrogen-bond donors (Lipinski definition) is 0. The average molecular weight is 263 g/mol. The minimum absolute atomic E-state index is 0.0477. The van der Waals surface area contributed by atoms with Gasteiger partial charge in [-0.05, 0) is 30.1 Å². The lowest BCUT2D eigenvalue weighted by molar-refractivity contribution is 0.591. The fraction of sp³-hybridized carbons (Fsp3) is 0.316. The van der Waals surface area contributed by atoms with Gasteiger partial charge in [0.25, 0.3) is 0 Å². The zero-order chi connectivity index (χ0) is 14.2. The molecule has 1 aromatic rings. The van der Waals surface area contributed by atoms with E-state index in [1.165, 1.54) is 22.4 Å². The highest BCUT2D eigenvalue weighted by Crippen LogP contribution is 2.32. The van der Waals surface area contributed by atoms with Gasteiger partial charge in [0.15, 0.2) is 0 Å². The Labute approximate surface area is 121 Å². The van der Waals surface area contributed by atoms with Crippen LogP contribution >= 0.6 is 0 Å². The van der Waals surface area contributed by atoms with Crippen LogP contribution in [0.3, 0.4) is 0 Å². The molecule has 0 aromatic heterocycles. The summed E-state index contributed by atoms with van der Waals surface area (Å²) in [5.74, 6) is 0. The van der Waals surface area contributed by atoms with Gasteiger partial charge >= 0.3 is 0 Å². The maximum Gasteiger partial charge on any atom is 0.0631 e. The van der Waals surface area contributed by atoms with Crippen LogP contribution in [0.5, 0.6) is 0 Å². The number of benzene rings is 1. The first kappa shape index (κ1) is 13.1. The van der Waals surface area contributed by atoms with E-state index in [9.17, 15) is 0 Å². The van der Waals surface area contributed by atoms with Crippen molar-refractivity contribution in [1.29, 1.82) is 0 Å². The van der Waals surface area contributed by atoms with Crippen LogP contribution in [0, 0.1) is 5.41 Å². The summed E-state index contributed by atoms with van der Waals surface area (Å²) < 4.78 is 0. The Morgan fingerprint density at radius 3 is 2.65 bits per heavy atom. The number of aliphatic imine (C=N–C) groups is 1. The van der Waals surface area contributed by atoms with Crippen molar-refractivity contribution in [2.24, 2.45) is 10.4 Å². The lowest BCUT2D eigenvalue weighted by Gasteiger charge is -2.22. The summed E-state index contributed by atoms with van der Waals surface area (Å²) in [5, 5.41) is 0. The fourth-order valence-electron chi connectivity index (χ4n) is 2.82. The highest BCUT2D eigenvalue weighted by Gasteiger charge is 2.26. The monoisotopic (exact) mass is 263 g/mol. The Kier molecular flexibility index (Phi) is 3.21. The molecule has 1 heteroatoms. The average Bonchev–Trinajstić information content (AvgIpc) is 2.68. The molecule has 1 aliphatic heterocycles. The van der Waals surface area contributed by atoms with Gasteiger partial charge in [-0.2, -0.15) is 0 Å². The second kappa shape index (κ2) is 4.90. The molecule has 2 aliphatic rings. The first-order chi connectivity index (χ1) is 9.55. The molecule has 1 aliphatic carbocycles. The van der Waals surface area contributed by atoms with E-state index in [1.807, 2.05) is 0 Å². The molecule has 0 saturated heterocycles. The van der Waals surface area contributed by atoms with E-state index in [0.29, 0.717) is 0 Å². The van der Waals surface area contributed by atoms with Gasteiger partial charge in [0.2, 0.25) is 0 Å². The van der Waals surface area contributed by atoms with Crippen molar-refractivity contribution in [3.8, 4) is 0 Å². The Morgan fingerprint density at radius 2 is 1.85 bits per heavy atom. The van der Waals surface area contributed by atoms with Crippen molar-refractivity contribution in [3.05, 3.63) is 71.0 Å². The molecule has 1 aromatic carbocycles. The third kappa shape index (κ3) is 2.40. The van der Waals surface area contributed by atoms with Crippen molar-refractivity contribution in [2.75, 3.05) is 0 Å². The zero-order valence-corrected chi connectivity index (χ0v) is 12.5. The van der Waals surface area contributed by atoms with Gasteiger partial charge in [0, 0.05) is 11.0 Å². The van der Waals surface area contributed by atoms with Crippen molar-refractivity contribution < 1.29 is 0 Å². The number of hydrogen-bond acceptors (Lipinski definition) is 1. The number of allylic oxidation sites excluding steroid dienone is 5. The van der Waals surface area contributed by atoms with Gasteiger partial charge in [-0.3, -0.25) is 4.99 Å². The van der Waals surface area contributed by atoms with Crippen LogP contribution in [0.25, 0.3) is 0 Å². The molecule has 0 amide bonds. The largest absolute Gasteiger partial charge is 0.252 e. The summed E-state index contributed by atoms with van der Waals surface area (Å²) in [4.78, 5) is 5.04. The van der Waals surface area contributed by atoms with E-state index in [-0.39, 0.29) is 5.41 Å². The van der Waals surface area contributed by atoms with E-state index < -0.39 is 0 Å². The summed E-state index contributed by atoms with van der Waals surface area (Å²) in [6, 6.07) is 8.70. The Morgan fingerprint density at radius 1 is 1.05 bits per heavy atom. The molecule has 0 unspecified atom stereocenters. The molecular weight excluding hydrogens is 242 g/mol. The van der Waals surface area contributed by atoms with Crippen molar-refractivity contribution in [1.82, 2.24) is 0 Å². The van der Waals surface area contributed by atoms with E-state index >= 15 is 0 Å². The molecule has 20 heavy (non-hydrogen) atoms. The van der Waals surface area contributed by atoms with Crippen molar-refractivity contribution >= 4 is 5.71 Å². The van der Waals surface area contributed by atoms with Crippen LogP contribution in [0.4, 0.5) is 0 Å². The summed E-state index contributed by atoms with van der Waals surface area (Å²) in [6.45, 7) is 6.73. The molecule has 0 N–H and O–H groups in total. The van der Waals surface area contributed by atoms with Crippen LogP contribution in [0.2, 0.25) is 0 Å². The minimum atomic E-state index is 0.0477. The SMILES string of the molecule is CC(C)(C)C1=NC2=C(CC=CC=C2)Cc2ccccc21. The van der Waals surface area contributed by atoms with Crippen LogP contribution in [0.15, 0.2) is 64.8 Å². The van der Waals surface area contributed by atoms with Gasteiger partial charge in [0.05, 0.1) is 11.4 Å². The molecule has 1 heterocycles. The highest BCUT2D eigenvalue weighted by molar-refractivity contribution is 6.06. The molecule has 3 rings (SSSR count). The fourth-order valence-corrected chi connectivity index (χ4v) is 2.82. The van der Waals surface area contributed by atoms with Crippen molar-refractivity contribution in [2.45, 2.75) is 33.6 Å². The van der Waals surface area contributed by atoms with Gasteiger partial charge in [-0.25, -0.2) is 0 Å². The summed E-state index contributed by atoms with van der Waals surface area (Å²) in [7, 11) is 0. The van der Waals surface area contributed by atoms with Crippen molar-refractivity contribution in [3.63, 3.8) is 0 Å². The molecule has 102 valence electrons. The quantitative estimate of drug-likeness (QED) is 0.634. The van der Waals surface area contributed by atoms with Gasteiger partial charge in [0.1, 0.15) is 0 Å². The third-order valence-corrected chi connectivity index (χ3v) is 3.85.